The molecule has 4 nitrogen and oxygen atoms in total. The highest BCUT2D eigenvalue weighted by Gasteiger charge is 2.21. The van der Waals surface area contributed by atoms with Crippen molar-refractivity contribution in [3.8, 4) is 0 Å². The van der Waals surface area contributed by atoms with Gasteiger partial charge in [0.15, 0.2) is 0 Å². The predicted molar refractivity (Wildman–Crippen MR) is 60.5 cm³/mol. The van der Waals surface area contributed by atoms with E-state index >= 15 is 0 Å². The van der Waals surface area contributed by atoms with E-state index in [4.69, 9.17) is 5.73 Å². The number of anilines is 1. The van der Waals surface area contributed by atoms with Crippen LogP contribution in [0, 0.1) is 5.92 Å². The number of pyridine rings is 1. The summed E-state index contributed by atoms with van der Waals surface area (Å²) in [6, 6.07) is 3.11. The fourth-order valence-corrected chi connectivity index (χ4v) is 1.20. The average Bonchev–Trinajstić information content (AvgIpc) is 2.27. The molecule has 15 heavy (non-hydrogen) atoms. The van der Waals surface area contributed by atoms with E-state index in [2.05, 4.69) is 4.98 Å². The van der Waals surface area contributed by atoms with Gasteiger partial charge in [-0.1, -0.05) is 13.8 Å². The first kappa shape index (κ1) is 11.7. The fourth-order valence-electron chi connectivity index (χ4n) is 1.20. The van der Waals surface area contributed by atoms with E-state index in [1.165, 1.54) is 0 Å². The summed E-state index contributed by atoms with van der Waals surface area (Å²) in [7, 11) is 1.72. The number of hydrogen-bond acceptors (Lipinski definition) is 3. The normalized spacial score (nSPS) is 12.6. The zero-order valence-electron chi connectivity index (χ0n) is 9.34. The summed E-state index contributed by atoms with van der Waals surface area (Å²) in [6.07, 6.45) is 3.31. The summed E-state index contributed by atoms with van der Waals surface area (Å²) in [5.74, 6) is 0.0676. The monoisotopic (exact) mass is 207 g/mol. The minimum absolute atomic E-state index is 0.0730. The molecule has 1 aromatic heterocycles. The molecule has 0 unspecified atom stereocenters. The number of nitrogens with two attached hydrogens (primary N) is 1. The van der Waals surface area contributed by atoms with Gasteiger partial charge in [-0.3, -0.25) is 9.78 Å². The molecule has 82 valence electrons. The van der Waals surface area contributed by atoms with Crippen LogP contribution in [0.2, 0.25) is 0 Å². The summed E-state index contributed by atoms with van der Waals surface area (Å²) in [5.41, 5.74) is 6.60. The second kappa shape index (κ2) is 4.89. The molecule has 2 N–H and O–H groups in total. The van der Waals surface area contributed by atoms with Gasteiger partial charge in [0, 0.05) is 25.1 Å². The minimum Gasteiger partial charge on any atom is -0.320 e. The molecule has 0 saturated heterocycles. The van der Waals surface area contributed by atoms with E-state index < -0.39 is 6.04 Å². The standard InChI is InChI=1S/C11H17N3O/c1-8(2)10(12)11(15)14(3)9-4-6-13-7-5-9/h4-8,10H,12H2,1-3H3/t10-/m1/s1. The lowest BCUT2D eigenvalue weighted by molar-refractivity contribution is -0.120. The Labute approximate surface area is 90.1 Å². The van der Waals surface area contributed by atoms with Crippen molar-refractivity contribution in [1.29, 1.82) is 0 Å². The van der Waals surface area contributed by atoms with Crippen LogP contribution < -0.4 is 10.6 Å². The third kappa shape index (κ3) is 2.76. The highest BCUT2D eigenvalue weighted by atomic mass is 16.2. The van der Waals surface area contributed by atoms with E-state index in [9.17, 15) is 4.79 Å². The van der Waals surface area contributed by atoms with Gasteiger partial charge in [0.25, 0.3) is 0 Å². The van der Waals surface area contributed by atoms with Gasteiger partial charge in [-0.25, -0.2) is 0 Å². The van der Waals surface area contributed by atoms with E-state index in [0.29, 0.717) is 0 Å². The number of likely N-dealkylation sites (N-methyl/N-ethyl adjacent to an activating group) is 1. The Morgan fingerprint density at radius 2 is 1.93 bits per heavy atom. The Bertz CT molecular complexity index is 324. The van der Waals surface area contributed by atoms with Gasteiger partial charge in [0.05, 0.1) is 6.04 Å². The van der Waals surface area contributed by atoms with Gasteiger partial charge in [-0.2, -0.15) is 0 Å². The fraction of sp³-hybridized carbons (Fsp3) is 0.455. The van der Waals surface area contributed by atoms with Crippen LogP contribution in [-0.4, -0.2) is 24.0 Å². The first-order chi connectivity index (χ1) is 7.04. The lowest BCUT2D eigenvalue weighted by Gasteiger charge is -2.23. The SMILES string of the molecule is CC(C)[C@@H](N)C(=O)N(C)c1ccncc1. The highest BCUT2D eigenvalue weighted by Crippen LogP contribution is 2.12. The summed E-state index contributed by atoms with van der Waals surface area (Å²) in [5, 5.41) is 0. The van der Waals surface area contributed by atoms with Crippen LogP contribution in [0.5, 0.6) is 0 Å². The van der Waals surface area contributed by atoms with Crippen LogP contribution >= 0.6 is 0 Å². The Morgan fingerprint density at radius 3 is 2.40 bits per heavy atom. The van der Waals surface area contributed by atoms with E-state index in [1.807, 2.05) is 13.8 Å². The molecule has 1 atom stereocenters. The number of nitrogens with zero attached hydrogens (tertiary/aromatic N) is 2. The zero-order chi connectivity index (χ0) is 11.4. The Morgan fingerprint density at radius 1 is 1.40 bits per heavy atom. The van der Waals surface area contributed by atoms with Crippen molar-refractivity contribution in [2.24, 2.45) is 11.7 Å². The molecule has 0 saturated carbocycles. The van der Waals surface area contributed by atoms with Gasteiger partial charge < -0.3 is 10.6 Å². The van der Waals surface area contributed by atoms with Crippen molar-refractivity contribution in [3.63, 3.8) is 0 Å². The molecular formula is C11H17N3O. The Hall–Kier alpha value is -1.42. The number of aromatic nitrogens is 1. The first-order valence-corrected chi connectivity index (χ1v) is 4.97. The maximum Gasteiger partial charge on any atom is 0.243 e. The molecular weight excluding hydrogens is 190 g/mol. The molecule has 1 heterocycles. The van der Waals surface area contributed by atoms with Crippen LogP contribution in [0.1, 0.15) is 13.8 Å². The van der Waals surface area contributed by atoms with E-state index in [1.54, 1.807) is 36.5 Å². The highest BCUT2D eigenvalue weighted by molar-refractivity contribution is 5.96. The molecule has 0 fully saturated rings. The zero-order valence-corrected chi connectivity index (χ0v) is 9.34. The first-order valence-electron chi connectivity index (χ1n) is 4.97. The van der Waals surface area contributed by atoms with Crippen molar-refractivity contribution in [2.75, 3.05) is 11.9 Å². The van der Waals surface area contributed by atoms with Crippen LogP contribution in [0.15, 0.2) is 24.5 Å². The van der Waals surface area contributed by atoms with Crippen LogP contribution in [0.25, 0.3) is 0 Å². The largest absolute Gasteiger partial charge is 0.320 e. The van der Waals surface area contributed by atoms with Crippen molar-refractivity contribution >= 4 is 11.6 Å². The van der Waals surface area contributed by atoms with Crippen molar-refractivity contribution in [2.45, 2.75) is 19.9 Å². The molecule has 0 aliphatic rings. The second-order valence-electron chi connectivity index (χ2n) is 3.87. The van der Waals surface area contributed by atoms with E-state index in [0.717, 1.165) is 5.69 Å². The summed E-state index contributed by atoms with van der Waals surface area (Å²) in [6.45, 7) is 3.87. The van der Waals surface area contributed by atoms with Crippen molar-refractivity contribution in [1.82, 2.24) is 4.98 Å². The summed E-state index contributed by atoms with van der Waals surface area (Å²) >= 11 is 0. The molecule has 0 radical (unpaired) electrons. The maximum absolute atomic E-state index is 11.9. The van der Waals surface area contributed by atoms with Crippen molar-refractivity contribution in [3.05, 3.63) is 24.5 Å². The number of carbonyl (C=O) groups excluding carboxylic acids is 1. The lowest BCUT2D eigenvalue weighted by Crippen LogP contribution is -2.45. The molecule has 0 aliphatic carbocycles. The van der Waals surface area contributed by atoms with Gasteiger partial charge >= 0.3 is 0 Å². The molecule has 1 rings (SSSR count). The third-order valence-corrected chi connectivity index (χ3v) is 2.38. The van der Waals surface area contributed by atoms with Gasteiger partial charge in [-0.15, -0.1) is 0 Å². The molecule has 0 aliphatic heterocycles. The molecule has 0 spiro atoms. The Kier molecular flexibility index (Phi) is 3.80. The Balaban J connectivity index is 2.78. The van der Waals surface area contributed by atoms with Crippen LogP contribution in [0.4, 0.5) is 5.69 Å². The predicted octanol–water partition coefficient (Wildman–Crippen LogP) is 1.03. The maximum atomic E-state index is 11.9. The molecule has 4 heteroatoms. The summed E-state index contributed by atoms with van der Waals surface area (Å²) < 4.78 is 0. The van der Waals surface area contributed by atoms with E-state index in [-0.39, 0.29) is 11.8 Å². The van der Waals surface area contributed by atoms with Gasteiger partial charge in [-0.05, 0) is 18.1 Å². The molecule has 0 bridgehead atoms. The summed E-state index contributed by atoms with van der Waals surface area (Å²) in [4.78, 5) is 17.3. The average molecular weight is 207 g/mol. The smallest absolute Gasteiger partial charge is 0.243 e. The molecule has 1 aromatic rings. The van der Waals surface area contributed by atoms with Gasteiger partial charge in [0.1, 0.15) is 0 Å². The molecule has 0 aromatic carbocycles. The number of amides is 1. The lowest BCUT2D eigenvalue weighted by atomic mass is 10.0. The topological polar surface area (TPSA) is 59.2 Å². The third-order valence-electron chi connectivity index (χ3n) is 2.38. The van der Waals surface area contributed by atoms with Gasteiger partial charge in [0.2, 0.25) is 5.91 Å². The van der Waals surface area contributed by atoms with Crippen molar-refractivity contribution < 1.29 is 4.79 Å². The van der Waals surface area contributed by atoms with Crippen LogP contribution in [0.3, 0.4) is 0 Å². The van der Waals surface area contributed by atoms with Crippen LogP contribution in [-0.2, 0) is 4.79 Å². The number of rotatable bonds is 3. The number of hydrogen-bond donors (Lipinski definition) is 1. The quantitative estimate of drug-likeness (QED) is 0.805. The second-order valence-corrected chi connectivity index (χ2v) is 3.87. The number of carbonyl (C=O) groups is 1. The molecule has 1 amide bonds. The minimum atomic E-state index is -0.455.